The van der Waals surface area contributed by atoms with Crippen molar-refractivity contribution in [3.05, 3.63) is 24.3 Å². The number of carbonyl (C=O) groups is 3. The minimum atomic E-state index is -0.470. The molecule has 1 aromatic rings. The van der Waals surface area contributed by atoms with E-state index in [0.717, 1.165) is 57.5 Å². The number of carbonyl (C=O) groups excluding carboxylic acids is 3. The van der Waals surface area contributed by atoms with Crippen molar-refractivity contribution in [2.75, 3.05) is 37.7 Å². The summed E-state index contributed by atoms with van der Waals surface area (Å²) >= 11 is 0. The van der Waals surface area contributed by atoms with Gasteiger partial charge in [0.05, 0.1) is 30.7 Å². The molecular weight excluding hydrogens is 382 g/mol. The highest BCUT2D eigenvalue weighted by Crippen LogP contribution is 2.30. The van der Waals surface area contributed by atoms with Gasteiger partial charge in [0.2, 0.25) is 11.8 Å². The molecule has 3 saturated heterocycles. The first-order valence-electron chi connectivity index (χ1n) is 11.2. The van der Waals surface area contributed by atoms with Crippen LogP contribution in [0.15, 0.2) is 24.3 Å². The second-order valence-corrected chi connectivity index (χ2v) is 8.50. The summed E-state index contributed by atoms with van der Waals surface area (Å²) in [5, 5.41) is 0. The number of piperidine rings is 1. The van der Waals surface area contributed by atoms with E-state index in [2.05, 4.69) is 4.90 Å². The molecule has 3 aliphatic heterocycles. The summed E-state index contributed by atoms with van der Waals surface area (Å²) < 4.78 is 5.59. The molecule has 1 aromatic carbocycles. The Bertz CT molecular complexity index is 788. The summed E-state index contributed by atoms with van der Waals surface area (Å²) in [6.45, 7) is 5.70. The Morgan fingerprint density at radius 2 is 1.80 bits per heavy atom. The SMILES string of the molecule is CCCOc1ccc(N2C(=O)C[C@@H](N3CCC[C@@H](C(=O)N4CCCC4)C3)C2=O)cc1. The highest BCUT2D eigenvalue weighted by molar-refractivity contribution is 6.22. The Labute approximate surface area is 177 Å². The first-order valence-corrected chi connectivity index (χ1v) is 11.2. The molecule has 3 amide bonds. The average molecular weight is 414 g/mol. The van der Waals surface area contributed by atoms with Crippen LogP contribution in [-0.4, -0.2) is 66.3 Å². The van der Waals surface area contributed by atoms with Crippen molar-refractivity contribution in [3.63, 3.8) is 0 Å². The third-order valence-electron chi connectivity index (χ3n) is 6.35. The summed E-state index contributed by atoms with van der Waals surface area (Å²) in [5.74, 6) is 0.518. The smallest absolute Gasteiger partial charge is 0.251 e. The molecule has 4 rings (SSSR count). The van der Waals surface area contributed by atoms with Gasteiger partial charge in [0.1, 0.15) is 5.75 Å². The Kier molecular flexibility index (Phi) is 6.37. The van der Waals surface area contributed by atoms with Crippen LogP contribution in [0.2, 0.25) is 0 Å². The molecule has 0 bridgehead atoms. The topological polar surface area (TPSA) is 70.2 Å². The monoisotopic (exact) mass is 413 g/mol. The number of hydrogen-bond acceptors (Lipinski definition) is 5. The fraction of sp³-hybridized carbons (Fsp3) is 0.609. The van der Waals surface area contributed by atoms with Crippen LogP contribution in [0.5, 0.6) is 5.75 Å². The van der Waals surface area contributed by atoms with E-state index in [9.17, 15) is 14.4 Å². The van der Waals surface area contributed by atoms with Crippen LogP contribution in [0.4, 0.5) is 5.69 Å². The maximum Gasteiger partial charge on any atom is 0.251 e. The molecule has 0 N–H and O–H groups in total. The number of ether oxygens (including phenoxy) is 1. The fourth-order valence-electron chi connectivity index (χ4n) is 4.77. The van der Waals surface area contributed by atoms with Gasteiger partial charge in [-0.05, 0) is 62.9 Å². The van der Waals surface area contributed by atoms with E-state index in [0.29, 0.717) is 18.8 Å². The van der Waals surface area contributed by atoms with Crippen LogP contribution in [0.1, 0.15) is 45.4 Å². The van der Waals surface area contributed by atoms with Crippen LogP contribution in [0.25, 0.3) is 0 Å². The summed E-state index contributed by atoms with van der Waals surface area (Å²) in [6.07, 6.45) is 5.00. The first kappa shape index (κ1) is 20.8. The van der Waals surface area contributed by atoms with Crippen LogP contribution < -0.4 is 9.64 Å². The molecular formula is C23H31N3O4. The Balaban J connectivity index is 1.42. The zero-order valence-corrected chi connectivity index (χ0v) is 17.7. The van der Waals surface area contributed by atoms with Crippen molar-refractivity contribution >= 4 is 23.4 Å². The van der Waals surface area contributed by atoms with E-state index in [1.165, 1.54) is 4.90 Å². The zero-order chi connectivity index (χ0) is 21.1. The van der Waals surface area contributed by atoms with Gasteiger partial charge in [-0.3, -0.25) is 19.3 Å². The van der Waals surface area contributed by atoms with Gasteiger partial charge in [0.15, 0.2) is 0 Å². The zero-order valence-electron chi connectivity index (χ0n) is 17.7. The minimum absolute atomic E-state index is 0.0659. The second-order valence-electron chi connectivity index (χ2n) is 8.50. The van der Waals surface area contributed by atoms with E-state index < -0.39 is 6.04 Å². The Hall–Kier alpha value is -2.41. The lowest BCUT2D eigenvalue weighted by molar-refractivity contribution is -0.137. The molecule has 2 atom stereocenters. The van der Waals surface area contributed by atoms with Crippen LogP contribution in [-0.2, 0) is 14.4 Å². The van der Waals surface area contributed by atoms with Crippen molar-refractivity contribution in [2.24, 2.45) is 5.92 Å². The molecule has 0 radical (unpaired) electrons. The molecule has 3 aliphatic rings. The third-order valence-corrected chi connectivity index (χ3v) is 6.35. The molecule has 7 nitrogen and oxygen atoms in total. The number of nitrogens with zero attached hydrogens (tertiary/aromatic N) is 3. The van der Waals surface area contributed by atoms with E-state index in [1.54, 1.807) is 24.3 Å². The second kappa shape index (κ2) is 9.16. The lowest BCUT2D eigenvalue weighted by atomic mass is 9.95. The quantitative estimate of drug-likeness (QED) is 0.670. The van der Waals surface area contributed by atoms with Crippen LogP contribution in [0, 0.1) is 5.92 Å². The number of hydrogen-bond donors (Lipinski definition) is 0. The van der Waals surface area contributed by atoms with Gasteiger partial charge >= 0.3 is 0 Å². The number of benzene rings is 1. The van der Waals surface area contributed by atoms with Crippen molar-refractivity contribution in [1.82, 2.24) is 9.80 Å². The number of amides is 3. The van der Waals surface area contributed by atoms with Crippen molar-refractivity contribution in [2.45, 2.75) is 51.5 Å². The molecule has 30 heavy (non-hydrogen) atoms. The normalized spacial score (nSPS) is 25.2. The number of rotatable bonds is 6. The molecule has 0 unspecified atom stereocenters. The average Bonchev–Trinajstić information content (AvgIpc) is 3.40. The van der Waals surface area contributed by atoms with E-state index in [-0.39, 0.29) is 30.1 Å². The van der Waals surface area contributed by atoms with Crippen LogP contribution >= 0.6 is 0 Å². The molecule has 3 heterocycles. The molecule has 0 aromatic heterocycles. The van der Waals surface area contributed by atoms with Gasteiger partial charge in [-0.2, -0.15) is 0 Å². The largest absolute Gasteiger partial charge is 0.494 e. The van der Waals surface area contributed by atoms with Crippen molar-refractivity contribution in [1.29, 1.82) is 0 Å². The van der Waals surface area contributed by atoms with Crippen molar-refractivity contribution < 1.29 is 19.1 Å². The summed E-state index contributed by atoms with van der Waals surface area (Å²) in [7, 11) is 0. The number of anilines is 1. The maximum absolute atomic E-state index is 13.1. The van der Waals surface area contributed by atoms with Gasteiger partial charge in [-0.15, -0.1) is 0 Å². The third kappa shape index (κ3) is 4.21. The summed E-state index contributed by atoms with van der Waals surface area (Å²) in [4.78, 5) is 44.0. The Morgan fingerprint density at radius 3 is 2.50 bits per heavy atom. The maximum atomic E-state index is 13.1. The number of likely N-dealkylation sites (tertiary alicyclic amines) is 2. The standard InChI is InChI=1S/C23H31N3O4/c1-2-14-30-19-9-7-18(8-10-19)26-21(27)15-20(23(26)29)25-13-5-6-17(16-25)22(28)24-11-3-4-12-24/h7-10,17,20H,2-6,11-16H2,1H3/t17-,20-/m1/s1. The van der Waals surface area contributed by atoms with Gasteiger partial charge < -0.3 is 9.64 Å². The summed E-state index contributed by atoms with van der Waals surface area (Å²) in [5.41, 5.74) is 0.582. The van der Waals surface area contributed by atoms with Crippen LogP contribution in [0.3, 0.4) is 0 Å². The highest BCUT2D eigenvalue weighted by atomic mass is 16.5. The van der Waals surface area contributed by atoms with E-state index in [1.807, 2.05) is 11.8 Å². The van der Waals surface area contributed by atoms with Gasteiger partial charge in [0, 0.05) is 19.6 Å². The van der Waals surface area contributed by atoms with Gasteiger partial charge in [-0.25, -0.2) is 4.90 Å². The van der Waals surface area contributed by atoms with E-state index >= 15 is 0 Å². The minimum Gasteiger partial charge on any atom is -0.494 e. The fourth-order valence-corrected chi connectivity index (χ4v) is 4.77. The van der Waals surface area contributed by atoms with Crippen molar-refractivity contribution in [3.8, 4) is 5.75 Å². The molecule has 7 heteroatoms. The predicted molar refractivity (Wildman–Crippen MR) is 113 cm³/mol. The number of imide groups is 1. The molecule has 0 aliphatic carbocycles. The highest BCUT2D eigenvalue weighted by Gasteiger charge is 2.44. The Morgan fingerprint density at radius 1 is 1.07 bits per heavy atom. The predicted octanol–water partition coefficient (Wildman–Crippen LogP) is 2.44. The molecule has 162 valence electrons. The first-order chi connectivity index (χ1) is 14.6. The lowest BCUT2D eigenvalue weighted by Crippen LogP contribution is -2.50. The van der Waals surface area contributed by atoms with Gasteiger partial charge in [-0.1, -0.05) is 6.92 Å². The lowest BCUT2D eigenvalue weighted by Gasteiger charge is -2.36. The molecule has 0 spiro atoms. The molecule has 3 fully saturated rings. The van der Waals surface area contributed by atoms with E-state index in [4.69, 9.17) is 4.74 Å². The molecule has 0 saturated carbocycles. The van der Waals surface area contributed by atoms with Gasteiger partial charge in [0.25, 0.3) is 5.91 Å². The summed E-state index contributed by atoms with van der Waals surface area (Å²) in [6, 6.07) is 6.65.